The second-order valence-electron chi connectivity index (χ2n) is 7.95. The van der Waals surface area contributed by atoms with Crippen LogP contribution in [0, 0.1) is 26.6 Å². The molecule has 4 heterocycles. The maximum absolute atomic E-state index is 14.9. The van der Waals surface area contributed by atoms with Crippen molar-refractivity contribution < 1.29 is 9.18 Å². The van der Waals surface area contributed by atoms with E-state index in [4.69, 9.17) is 0 Å². The summed E-state index contributed by atoms with van der Waals surface area (Å²) in [6, 6.07) is 10.8. The zero-order chi connectivity index (χ0) is 24.0. The lowest BCUT2D eigenvalue weighted by Crippen LogP contribution is -2.18. The van der Waals surface area contributed by atoms with Gasteiger partial charge in [-0.05, 0) is 26.3 Å². The van der Waals surface area contributed by atoms with Gasteiger partial charge in [0.1, 0.15) is 11.5 Å². The summed E-state index contributed by atoms with van der Waals surface area (Å²) in [5, 5.41) is 11.2. The average Bonchev–Trinajstić information content (AvgIpc) is 3.40. The normalized spacial score (nSPS) is 11.2. The first-order valence-corrected chi connectivity index (χ1v) is 10.6. The molecule has 5 rings (SSSR count). The molecule has 5 aromatic rings. The topological polar surface area (TPSA) is 103 Å². The van der Waals surface area contributed by atoms with Crippen LogP contribution < -0.4 is 5.32 Å². The smallest absolute Gasteiger partial charge is 0.274 e. The highest BCUT2D eigenvalue weighted by atomic mass is 19.1. The molecule has 0 unspecified atom stereocenters. The van der Waals surface area contributed by atoms with E-state index in [2.05, 4.69) is 30.5 Å². The van der Waals surface area contributed by atoms with Gasteiger partial charge in [0.15, 0.2) is 17.3 Å². The van der Waals surface area contributed by atoms with Crippen LogP contribution in [0.4, 0.5) is 10.1 Å². The molecule has 0 bridgehead atoms. The summed E-state index contributed by atoms with van der Waals surface area (Å²) < 4.78 is 17.7. The minimum absolute atomic E-state index is 0.0107. The lowest BCUT2D eigenvalue weighted by atomic mass is 10.1. The minimum Gasteiger partial charge on any atom is -0.318 e. The molecule has 0 aliphatic heterocycles. The van der Waals surface area contributed by atoms with E-state index < -0.39 is 11.7 Å². The van der Waals surface area contributed by atoms with Gasteiger partial charge in [-0.15, -0.1) is 5.10 Å². The summed E-state index contributed by atoms with van der Waals surface area (Å²) in [6.07, 6.45) is 2.77. The molecule has 0 fully saturated rings. The molecule has 0 spiro atoms. The highest BCUT2D eigenvalue weighted by Crippen LogP contribution is 2.27. The van der Waals surface area contributed by atoms with Gasteiger partial charge in [-0.1, -0.05) is 30.3 Å². The van der Waals surface area contributed by atoms with Gasteiger partial charge >= 0.3 is 0 Å². The van der Waals surface area contributed by atoms with Crippen LogP contribution in [0.2, 0.25) is 0 Å². The van der Waals surface area contributed by atoms with Crippen LogP contribution in [0.25, 0.3) is 28.3 Å². The molecule has 0 atom stereocenters. The molecule has 0 aliphatic rings. The Kier molecular flexibility index (Phi) is 5.12. The van der Waals surface area contributed by atoms with E-state index in [1.165, 1.54) is 21.5 Å². The standard InChI is InChI=1S/C24H21FN8O/c1-13-14(2)27-15(3)28-21(13)17-11-26-32(4)22(17)24(34)29-19-10-20-30-23(16-8-6-5-7-9-16)31-33(20)12-18(19)25/h5-12H,1-4H3,(H,29,34). The fourth-order valence-electron chi connectivity index (χ4n) is 3.80. The van der Waals surface area contributed by atoms with E-state index in [0.717, 1.165) is 16.8 Å². The van der Waals surface area contributed by atoms with Gasteiger partial charge in [0.2, 0.25) is 0 Å². The van der Waals surface area contributed by atoms with Crippen molar-refractivity contribution in [2.45, 2.75) is 20.8 Å². The van der Waals surface area contributed by atoms with E-state index >= 15 is 0 Å². The van der Waals surface area contributed by atoms with Gasteiger partial charge in [0.25, 0.3) is 5.91 Å². The molecule has 0 saturated carbocycles. The number of aromatic nitrogens is 7. The number of pyridine rings is 1. The zero-order valence-electron chi connectivity index (χ0n) is 19.0. The highest BCUT2D eigenvalue weighted by molar-refractivity contribution is 6.07. The van der Waals surface area contributed by atoms with Crippen LogP contribution in [0.5, 0.6) is 0 Å². The number of fused-ring (bicyclic) bond motifs is 1. The number of hydrogen-bond donors (Lipinski definition) is 1. The van der Waals surface area contributed by atoms with Crippen LogP contribution in [-0.4, -0.2) is 40.3 Å². The molecule has 1 N–H and O–H groups in total. The molecule has 34 heavy (non-hydrogen) atoms. The Labute approximate surface area is 194 Å². The second kappa shape index (κ2) is 8.14. The van der Waals surface area contributed by atoms with Gasteiger partial charge in [0, 0.05) is 24.4 Å². The Hall–Kier alpha value is -4.47. The number of carbonyl (C=O) groups excluding carboxylic acids is 1. The first-order chi connectivity index (χ1) is 16.3. The first-order valence-electron chi connectivity index (χ1n) is 10.6. The number of benzene rings is 1. The van der Waals surface area contributed by atoms with Gasteiger partial charge < -0.3 is 5.32 Å². The van der Waals surface area contributed by atoms with E-state index in [0.29, 0.717) is 28.6 Å². The van der Waals surface area contributed by atoms with Crippen molar-refractivity contribution in [3.05, 3.63) is 77.4 Å². The number of amides is 1. The Morgan fingerprint density at radius 1 is 1.06 bits per heavy atom. The highest BCUT2D eigenvalue weighted by Gasteiger charge is 2.23. The van der Waals surface area contributed by atoms with Crippen molar-refractivity contribution >= 4 is 17.2 Å². The Morgan fingerprint density at radius 3 is 2.59 bits per heavy atom. The fraction of sp³-hybridized carbons (Fsp3) is 0.167. The SMILES string of the molecule is Cc1nc(C)c(C)c(-c2cnn(C)c2C(=O)Nc2cc3nc(-c4ccccc4)nn3cc2F)n1. The maximum atomic E-state index is 14.9. The zero-order valence-corrected chi connectivity index (χ0v) is 19.0. The summed E-state index contributed by atoms with van der Waals surface area (Å²) >= 11 is 0. The number of anilines is 1. The van der Waals surface area contributed by atoms with Gasteiger partial charge in [-0.3, -0.25) is 9.48 Å². The predicted molar refractivity (Wildman–Crippen MR) is 125 cm³/mol. The van der Waals surface area contributed by atoms with Crippen LogP contribution in [0.3, 0.4) is 0 Å². The maximum Gasteiger partial charge on any atom is 0.274 e. The van der Waals surface area contributed by atoms with Crippen molar-refractivity contribution in [1.82, 2.24) is 34.3 Å². The van der Waals surface area contributed by atoms with Crippen LogP contribution in [-0.2, 0) is 7.05 Å². The third-order valence-corrected chi connectivity index (χ3v) is 5.61. The Balaban J connectivity index is 1.52. The van der Waals surface area contributed by atoms with E-state index in [1.807, 2.05) is 44.2 Å². The van der Waals surface area contributed by atoms with Crippen molar-refractivity contribution in [2.75, 3.05) is 5.32 Å². The molecule has 0 radical (unpaired) electrons. The second-order valence-corrected chi connectivity index (χ2v) is 7.95. The summed E-state index contributed by atoms with van der Waals surface area (Å²) in [5.41, 5.74) is 4.27. The van der Waals surface area contributed by atoms with Crippen LogP contribution in [0.1, 0.15) is 27.6 Å². The fourth-order valence-corrected chi connectivity index (χ4v) is 3.80. The number of nitrogens with zero attached hydrogens (tertiary/aromatic N) is 7. The first kappa shape index (κ1) is 21.4. The van der Waals surface area contributed by atoms with Crippen LogP contribution in [0.15, 0.2) is 48.8 Å². The summed E-state index contributed by atoms with van der Waals surface area (Å²) in [6.45, 7) is 5.57. The molecule has 1 aromatic carbocycles. The number of carbonyl (C=O) groups is 1. The number of nitrogens with one attached hydrogen (secondary N) is 1. The number of hydrogen-bond acceptors (Lipinski definition) is 6. The van der Waals surface area contributed by atoms with Gasteiger partial charge in [-0.2, -0.15) is 5.10 Å². The molecule has 1 amide bonds. The van der Waals surface area contributed by atoms with E-state index in [-0.39, 0.29) is 11.4 Å². The van der Waals surface area contributed by atoms with E-state index in [1.54, 1.807) is 20.2 Å². The molecule has 0 saturated heterocycles. The number of aryl methyl sites for hydroxylation is 3. The van der Waals surface area contributed by atoms with E-state index in [9.17, 15) is 9.18 Å². The van der Waals surface area contributed by atoms with Crippen molar-refractivity contribution in [3.8, 4) is 22.6 Å². The molecular formula is C24H21FN8O. The molecular weight excluding hydrogens is 435 g/mol. The Morgan fingerprint density at radius 2 is 1.82 bits per heavy atom. The average molecular weight is 456 g/mol. The van der Waals surface area contributed by atoms with Crippen molar-refractivity contribution in [3.63, 3.8) is 0 Å². The molecule has 10 heteroatoms. The third kappa shape index (κ3) is 3.68. The summed E-state index contributed by atoms with van der Waals surface area (Å²) in [7, 11) is 1.65. The summed E-state index contributed by atoms with van der Waals surface area (Å²) in [4.78, 5) is 26.6. The largest absolute Gasteiger partial charge is 0.318 e. The lowest BCUT2D eigenvalue weighted by molar-refractivity contribution is 0.101. The minimum atomic E-state index is -0.640. The number of rotatable bonds is 4. The Bertz CT molecular complexity index is 1550. The molecule has 0 aliphatic carbocycles. The van der Waals surface area contributed by atoms with Crippen molar-refractivity contribution in [2.24, 2.45) is 7.05 Å². The van der Waals surface area contributed by atoms with Gasteiger partial charge in [0.05, 0.1) is 29.3 Å². The van der Waals surface area contributed by atoms with Crippen LogP contribution >= 0.6 is 0 Å². The third-order valence-electron chi connectivity index (χ3n) is 5.61. The number of halogens is 1. The molecule has 9 nitrogen and oxygen atoms in total. The monoisotopic (exact) mass is 456 g/mol. The predicted octanol–water partition coefficient (Wildman–Crippen LogP) is 3.90. The van der Waals surface area contributed by atoms with Gasteiger partial charge in [-0.25, -0.2) is 23.9 Å². The molecule has 170 valence electrons. The lowest BCUT2D eigenvalue weighted by Gasteiger charge is -2.11. The quantitative estimate of drug-likeness (QED) is 0.440. The summed E-state index contributed by atoms with van der Waals surface area (Å²) in [5.74, 6) is -0.110. The molecule has 4 aromatic heterocycles. The van der Waals surface area contributed by atoms with Crippen molar-refractivity contribution in [1.29, 1.82) is 0 Å².